The van der Waals surface area contributed by atoms with Crippen LogP contribution in [-0.2, 0) is 9.59 Å². The van der Waals surface area contributed by atoms with Crippen molar-refractivity contribution in [2.75, 3.05) is 23.7 Å². The first-order valence-electron chi connectivity index (χ1n) is 8.76. The van der Waals surface area contributed by atoms with E-state index < -0.39 is 6.04 Å². The molecule has 1 heterocycles. The Kier molecular flexibility index (Phi) is 6.53. The summed E-state index contributed by atoms with van der Waals surface area (Å²) in [5, 5.41) is 15.4. The summed E-state index contributed by atoms with van der Waals surface area (Å²) in [7, 11) is 0. The number of rotatable bonds is 5. The lowest BCUT2D eigenvalue weighted by Gasteiger charge is -2.23. The summed E-state index contributed by atoms with van der Waals surface area (Å²) in [5.41, 5.74) is 1.51. The van der Waals surface area contributed by atoms with E-state index in [0.717, 1.165) is 6.42 Å². The molecule has 1 fully saturated rings. The molecule has 0 aromatic heterocycles. The highest BCUT2D eigenvalue weighted by Gasteiger charge is 2.32. The first kappa shape index (κ1) is 20.2. The molecule has 0 radical (unpaired) electrons. The Bertz CT molecular complexity index is 942. The first-order chi connectivity index (χ1) is 13.5. The van der Waals surface area contributed by atoms with Gasteiger partial charge in [0.1, 0.15) is 0 Å². The Hall–Kier alpha value is -2.59. The lowest BCUT2D eigenvalue weighted by atomic mass is 10.2. The monoisotopic (exact) mass is 416 g/mol. The van der Waals surface area contributed by atoms with Crippen molar-refractivity contribution in [2.24, 2.45) is 0 Å². The third kappa shape index (κ3) is 5.02. The Balaban J connectivity index is 1.61. The minimum absolute atomic E-state index is 0.0865. The number of halogens is 2. The van der Waals surface area contributed by atoms with Gasteiger partial charge in [-0.3, -0.25) is 14.5 Å². The van der Waals surface area contributed by atoms with Crippen molar-refractivity contribution in [1.29, 1.82) is 5.26 Å². The number of carbonyl (C=O) groups excluding carboxylic acids is 2. The van der Waals surface area contributed by atoms with Gasteiger partial charge in [0.2, 0.25) is 11.8 Å². The van der Waals surface area contributed by atoms with Crippen LogP contribution in [0.5, 0.6) is 0 Å². The number of carbonyl (C=O) groups is 2. The topological polar surface area (TPSA) is 85.2 Å². The summed E-state index contributed by atoms with van der Waals surface area (Å²) in [4.78, 5) is 26.9. The third-order valence-corrected chi connectivity index (χ3v) is 5.03. The molecule has 0 spiro atoms. The number of nitrogens with one attached hydrogen (secondary N) is 2. The number of hydrogen-bond donors (Lipinski definition) is 2. The van der Waals surface area contributed by atoms with Crippen molar-refractivity contribution in [3.05, 3.63) is 58.1 Å². The quantitative estimate of drug-likeness (QED) is 0.773. The minimum Gasteiger partial charge on any atom is -0.325 e. The van der Waals surface area contributed by atoms with Crippen LogP contribution in [-0.4, -0.2) is 35.8 Å². The molecule has 0 unspecified atom stereocenters. The molecule has 28 heavy (non-hydrogen) atoms. The van der Waals surface area contributed by atoms with Crippen LogP contribution in [0.1, 0.15) is 18.4 Å². The van der Waals surface area contributed by atoms with Crippen molar-refractivity contribution in [2.45, 2.75) is 18.9 Å². The van der Waals surface area contributed by atoms with Gasteiger partial charge in [-0.05, 0) is 55.8 Å². The van der Waals surface area contributed by atoms with Crippen LogP contribution in [0.25, 0.3) is 0 Å². The highest BCUT2D eigenvalue weighted by atomic mass is 35.5. The maximum absolute atomic E-state index is 12.7. The van der Waals surface area contributed by atoms with Gasteiger partial charge in [-0.15, -0.1) is 0 Å². The fraction of sp³-hybridized carbons (Fsp3) is 0.250. The number of likely N-dealkylation sites (tertiary alicyclic amines) is 1. The van der Waals surface area contributed by atoms with E-state index in [9.17, 15) is 9.59 Å². The lowest BCUT2D eigenvalue weighted by molar-refractivity contribution is -0.122. The Morgan fingerprint density at radius 3 is 2.75 bits per heavy atom. The number of nitriles is 1. The molecule has 1 aliphatic heterocycles. The van der Waals surface area contributed by atoms with E-state index in [1.165, 1.54) is 0 Å². The maximum Gasteiger partial charge on any atom is 0.241 e. The lowest BCUT2D eigenvalue weighted by Crippen LogP contribution is -2.43. The molecule has 0 aliphatic carbocycles. The zero-order valence-corrected chi connectivity index (χ0v) is 16.4. The first-order valence-corrected chi connectivity index (χ1v) is 9.52. The molecule has 0 bridgehead atoms. The molecule has 2 aromatic carbocycles. The van der Waals surface area contributed by atoms with E-state index >= 15 is 0 Å². The molecular formula is C20H18Cl2N4O2. The Labute approximate surface area is 173 Å². The third-order valence-electron chi connectivity index (χ3n) is 4.48. The van der Waals surface area contributed by atoms with E-state index in [1.54, 1.807) is 42.5 Å². The maximum atomic E-state index is 12.7. The second kappa shape index (κ2) is 9.07. The van der Waals surface area contributed by atoms with Crippen LogP contribution >= 0.6 is 23.2 Å². The summed E-state index contributed by atoms with van der Waals surface area (Å²) in [6.45, 7) is 0.737. The molecule has 2 amide bonds. The van der Waals surface area contributed by atoms with Crippen LogP contribution in [0.4, 0.5) is 11.4 Å². The van der Waals surface area contributed by atoms with Gasteiger partial charge >= 0.3 is 0 Å². The molecule has 2 aromatic rings. The van der Waals surface area contributed by atoms with Crippen LogP contribution in [0.15, 0.2) is 42.5 Å². The van der Waals surface area contributed by atoms with Crippen LogP contribution in [0.3, 0.4) is 0 Å². The number of amides is 2. The molecule has 3 rings (SSSR count). The van der Waals surface area contributed by atoms with E-state index in [-0.39, 0.29) is 18.4 Å². The van der Waals surface area contributed by atoms with E-state index in [2.05, 4.69) is 10.6 Å². The number of benzene rings is 2. The predicted octanol–water partition coefficient (Wildman–Crippen LogP) is 3.91. The van der Waals surface area contributed by atoms with Crippen molar-refractivity contribution < 1.29 is 9.59 Å². The molecule has 1 atom stereocenters. The molecule has 1 saturated heterocycles. The molecule has 6 nitrogen and oxygen atoms in total. The van der Waals surface area contributed by atoms with Gasteiger partial charge in [0.05, 0.1) is 34.9 Å². The smallest absolute Gasteiger partial charge is 0.241 e. The molecule has 0 saturated carbocycles. The fourth-order valence-corrected chi connectivity index (χ4v) is 3.63. The standard InChI is InChI=1S/C20H18Cl2N4O2/c21-14-6-7-17(16(22)10-14)25-20(28)18-5-2-8-26(18)12-19(27)24-15-4-1-3-13(9-15)11-23/h1,3-4,6-7,9-10,18H,2,5,8,12H2,(H,24,27)(H,25,28)/t18-/m1/s1. The second-order valence-corrected chi connectivity index (χ2v) is 7.33. The molecule has 1 aliphatic rings. The van der Waals surface area contributed by atoms with Crippen LogP contribution in [0, 0.1) is 11.3 Å². The zero-order chi connectivity index (χ0) is 20.1. The zero-order valence-electron chi connectivity index (χ0n) is 14.9. The van der Waals surface area contributed by atoms with Crippen LogP contribution in [0.2, 0.25) is 10.0 Å². The molecule has 2 N–H and O–H groups in total. The van der Waals surface area contributed by atoms with Gasteiger partial charge in [0.25, 0.3) is 0 Å². The number of hydrogen-bond acceptors (Lipinski definition) is 4. The van der Waals surface area contributed by atoms with Gasteiger partial charge in [0.15, 0.2) is 0 Å². The normalized spacial score (nSPS) is 16.4. The summed E-state index contributed by atoms with van der Waals surface area (Å²) in [5.74, 6) is -0.444. The van der Waals surface area contributed by atoms with Gasteiger partial charge in [0, 0.05) is 10.7 Å². The predicted molar refractivity (Wildman–Crippen MR) is 109 cm³/mol. The van der Waals surface area contributed by atoms with Crippen LogP contribution < -0.4 is 10.6 Å². The summed E-state index contributed by atoms with van der Waals surface area (Å²) in [6.07, 6.45) is 1.48. The van der Waals surface area contributed by atoms with Gasteiger partial charge < -0.3 is 10.6 Å². The number of anilines is 2. The SMILES string of the molecule is N#Cc1cccc(NC(=O)CN2CCC[C@@H]2C(=O)Nc2ccc(Cl)cc2Cl)c1. The largest absolute Gasteiger partial charge is 0.325 e. The van der Waals surface area contributed by atoms with Crippen molar-refractivity contribution >= 4 is 46.4 Å². The van der Waals surface area contributed by atoms with Gasteiger partial charge in [-0.25, -0.2) is 0 Å². The van der Waals surface area contributed by atoms with Gasteiger partial charge in [-0.2, -0.15) is 5.26 Å². The second-order valence-electron chi connectivity index (χ2n) is 6.48. The molecule has 8 heteroatoms. The average molecular weight is 417 g/mol. The average Bonchev–Trinajstić information content (AvgIpc) is 3.12. The van der Waals surface area contributed by atoms with E-state index in [0.29, 0.717) is 39.9 Å². The summed E-state index contributed by atoms with van der Waals surface area (Å²) < 4.78 is 0. The number of nitrogens with zero attached hydrogens (tertiary/aromatic N) is 2. The van der Waals surface area contributed by atoms with E-state index in [4.69, 9.17) is 28.5 Å². The summed E-state index contributed by atoms with van der Waals surface area (Å²) >= 11 is 12.0. The van der Waals surface area contributed by atoms with Crippen molar-refractivity contribution in [3.63, 3.8) is 0 Å². The van der Waals surface area contributed by atoms with E-state index in [1.807, 2.05) is 11.0 Å². The van der Waals surface area contributed by atoms with Crippen molar-refractivity contribution in [3.8, 4) is 6.07 Å². The highest BCUT2D eigenvalue weighted by molar-refractivity contribution is 6.36. The van der Waals surface area contributed by atoms with Gasteiger partial charge in [-0.1, -0.05) is 29.3 Å². The molecule has 144 valence electrons. The summed E-state index contributed by atoms with van der Waals surface area (Å²) in [6, 6.07) is 13.2. The highest BCUT2D eigenvalue weighted by Crippen LogP contribution is 2.27. The van der Waals surface area contributed by atoms with Crippen molar-refractivity contribution in [1.82, 2.24) is 4.90 Å². The molecular weight excluding hydrogens is 399 g/mol. The Morgan fingerprint density at radius 2 is 2.00 bits per heavy atom. The Morgan fingerprint density at radius 1 is 1.18 bits per heavy atom. The fourth-order valence-electron chi connectivity index (χ4n) is 3.17. The minimum atomic E-state index is -0.414.